The molecule has 1 aromatic carbocycles. The first-order valence-electron chi connectivity index (χ1n) is 9.35. The summed E-state index contributed by atoms with van der Waals surface area (Å²) in [6.07, 6.45) is 2.69. The van der Waals surface area contributed by atoms with Gasteiger partial charge in [-0.05, 0) is 45.6 Å². The van der Waals surface area contributed by atoms with Gasteiger partial charge >= 0.3 is 0 Å². The van der Waals surface area contributed by atoms with Crippen molar-refractivity contribution in [2.24, 2.45) is 10.4 Å². The van der Waals surface area contributed by atoms with Crippen molar-refractivity contribution in [2.75, 3.05) is 39.5 Å². The molecule has 2 rings (SSSR count). The molecule has 6 heteroatoms. The molecule has 1 aliphatic heterocycles. The molecule has 148 valence electrons. The predicted octanol–water partition coefficient (Wildman–Crippen LogP) is 2.81. The van der Waals surface area contributed by atoms with E-state index in [2.05, 4.69) is 49.6 Å². The highest BCUT2D eigenvalue weighted by Gasteiger charge is 2.34. The number of aliphatic imine (C=N–C) groups is 1. The zero-order valence-corrected chi connectivity index (χ0v) is 18.6. The van der Waals surface area contributed by atoms with Crippen LogP contribution in [-0.4, -0.2) is 50.5 Å². The van der Waals surface area contributed by atoms with Crippen LogP contribution in [0.4, 0.5) is 0 Å². The predicted molar refractivity (Wildman–Crippen MR) is 119 cm³/mol. The van der Waals surface area contributed by atoms with E-state index in [0.29, 0.717) is 13.2 Å². The summed E-state index contributed by atoms with van der Waals surface area (Å²) in [5.74, 6) is 0.844. The number of aliphatic hydroxyl groups is 1. The Morgan fingerprint density at radius 2 is 1.96 bits per heavy atom. The van der Waals surface area contributed by atoms with E-state index < -0.39 is 0 Å². The molecule has 0 spiro atoms. The minimum absolute atomic E-state index is 0. The topological polar surface area (TPSA) is 65.9 Å². The lowest BCUT2D eigenvalue weighted by atomic mass is 9.84. The molecule has 1 aliphatic rings. The summed E-state index contributed by atoms with van der Waals surface area (Å²) in [6, 6.07) is 6.68. The number of hydrogen-bond acceptors (Lipinski definition) is 3. The van der Waals surface area contributed by atoms with Crippen molar-refractivity contribution in [3.8, 4) is 0 Å². The van der Waals surface area contributed by atoms with Gasteiger partial charge in [0.15, 0.2) is 5.96 Å². The molecule has 1 aromatic rings. The van der Waals surface area contributed by atoms with Gasteiger partial charge < -0.3 is 20.5 Å². The molecule has 1 saturated heterocycles. The van der Waals surface area contributed by atoms with E-state index in [9.17, 15) is 5.11 Å². The number of guanidine groups is 1. The summed E-state index contributed by atoms with van der Waals surface area (Å²) in [5, 5.41) is 16.1. The first kappa shape index (κ1) is 23.2. The Morgan fingerprint density at radius 1 is 1.23 bits per heavy atom. The van der Waals surface area contributed by atoms with Crippen LogP contribution in [0, 0.1) is 19.3 Å². The number of benzene rings is 1. The summed E-state index contributed by atoms with van der Waals surface area (Å²) >= 11 is 0. The van der Waals surface area contributed by atoms with Gasteiger partial charge in [0, 0.05) is 31.7 Å². The molecule has 0 saturated carbocycles. The van der Waals surface area contributed by atoms with E-state index in [4.69, 9.17) is 9.73 Å². The van der Waals surface area contributed by atoms with Crippen molar-refractivity contribution >= 4 is 29.9 Å². The average Bonchev–Trinajstić information content (AvgIpc) is 3.01. The van der Waals surface area contributed by atoms with Crippen LogP contribution in [0.2, 0.25) is 0 Å². The zero-order chi connectivity index (χ0) is 18.1. The molecule has 0 aromatic heterocycles. The number of aryl methyl sites for hydroxylation is 2. The van der Waals surface area contributed by atoms with Crippen molar-refractivity contribution in [1.29, 1.82) is 0 Å². The van der Waals surface area contributed by atoms with E-state index in [0.717, 1.165) is 44.9 Å². The van der Waals surface area contributed by atoms with Crippen LogP contribution in [0.1, 0.15) is 36.5 Å². The number of nitrogens with one attached hydrogen (secondary N) is 2. The molecule has 3 N–H and O–H groups in total. The fraction of sp³-hybridized carbons (Fsp3) is 0.650. The van der Waals surface area contributed by atoms with Gasteiger partial charge in [0.2, 0.25) is 0 Å². The monoisotopic (exact) mass is 475 g/mol. The molecule has 0 bridgehead atoms. The standard InChI is InChI=1S/C20H33N3O2.HI/c1-4-21-19(23-14-20(6-9-24)7-10-25-15-20)22-8-5-18-12-16(2)11-17(3)13-18;/h11-13,24H,4-10,14-15H2,1-3H3,(H2,21,22,23);1H. The lowest BCUT2D eigenvalue weighted by Gasteiger charge is -2.24. The summed E-state index contributed by atoms with van der Waals surface area (Å²) in [6.45, 7) is 10.4. The highest BCUT2D eigenvalue weighted by atomic mass is 127. The van der Waals surface area contributed by atoms with Crippen LogP contribution >= 0.6 is 24.0 Å². The van der Waals surface area contributed by atoms with Crippen molar-refractivity contribution in [3.05, 3.63) is 34.9 Å². The largest absolute Gasteiger partial charge is 0.396 e. The number of ether oxygens (including phenoxy) is 1. The average molecular weight is 475 g/mol. The quantitative estimate of drug-likeness (QED) is 0.308. The van der Waals surface area contributed by atoms with Crippen LogP contribution in [0.3, 0.4) is 0 Å². The first-order chi connectivity index (χ1) is 12.1. The molecule has 5 nitrogen and oxygen atoms in total. The lowest BCUT2D eigenvalue weighted by molar-refractivity contribution is 0.131. The normalized spacial score (nSPS) is 19.9. The van der Waals surface area contributed by atoms with E-state index in [1.807, 2.05) is 0 Å². The summed E-state index contributed by atoms with van der Waals surface area (Å²) in [7, 11) is 0. The van der Waals surface area contributed by atoms with Gasteiger partial charge in [-0.1, -0.05) is 29.3 Å². The fourth-order valence-corrected chi connectivity index (χ4v) is 3.41. The molecule has 1 unspecified atom stereocenters. The molecule has 0 amide bonds. The van der Waals surface area contributed by atoms with Gasteiger partial charge in [0.25, 0.3) is 0 Å². The fourth-order valence-electron chi connectivity index (χ4n) is 3.41. The maximum Gasteiger partial charge on any atom is 0.191 e. The summed E-state index contributed by atoms with van der Waals surface area (Å²) < 4.78 is 5.55. The Morgan fingerprint density at radius 3 is 2.54 bits per heavy atom. The Bertz CT molecular complexity index is 552. The van der Waals surface area contributed by atoms with Crippen LogP contribution < -0.4 is 10.6 Å². The van der Waals surface area contributed by atoms with Crippen molar-refractivity contribution in [3.63, 3.8) is 0 Å². The second kappa shape index (κ2) is 11.8. The molecule has 0 aliphatic carbocycles. The molecule has 1 fully saturated rings. The van der Waals surface area contributed by atoms with Crippen LogP contribution in [0.25, 0.3) is 0 Å². The maximum absolute atomic E-state index is 9.34. The highest BCUT2D eigenvalue weighted by Crippen LogP contribution is 2.32. The Hall–Kier alpha value is -0.860. The summed E-state index contributed by atoms with van der Waals surface area (Å²) in [5.41, 5.74) is 3.96. The van der Waals surface area contributed by atoms with Gasteiger partial charge in [-0.2, -0.15) is 0 Å². The molecular weight excluding hydrogens is 441 g/mol. The Labute approximate surface area is 175 Å². The minimum atomic E-state index is -0.00917. The maximum atomic E-state index is 9.34. The zero-order valence-electron chi connectivity index (χ0n) is 16.3. The second-order valence-electron chi connectivity index (χ2n) is 7.14. The highest BCUT2D eigenvalue weighted by molar-refractivity contribution is 14.0. The van der Waals surface area contributed by atoms with Crippen molar-refractivity contribution < 1.29 is 9.84 Å². The number of aliphatic hydroxyl groups excluding tert-OH is 1. The van der Waals surface area contributed by atoms with E-state index in [-0.39, 0.29) is 36.0 Å². The number of hydrogen-bond donors (Lipinski definition) is 3. The van der Waals surface area contributed by atoms with E-state index >= 15 is 0 Å². The first-order valence-corrected chi connectivity index (χ1v) is 9.35. The summed E-state index contributed by atoms with van der Waals surface area (Å²) in [4.78, 5) is 4.76. The second-order valence-corrected chi connectivity index (χ2v) is 7.14. The van der Waals surface area contributed by atoms with E-state index in [1.165, 1.54) is 16.7 Å². The molecule has 1 atom stereocenters. The smallest absolute Gasteiger partial charge is 0.191 e. The molecule has 1 heterocycles. The molecule has 0 radical (unpaired) electrons. The number of rotatable bonds is 8. The third kappa shape index (κ3) is 7.40. The molecular formula is C20H34IN3O2. The van der Waals surface area contributed by atoms with Gasteiger partial charge in [-0.15, -0.1) is 24.0 Å². The minimum Gasteiger partial charge on any atom is -0.396 e. The van der Waals surface area contributed by atoms with Gasteiger partial charge in [0.05, 0.1) is 13.2 Å². The molecule has 26 heavy (non-hydrogen) atoms. The Kier molecular flexibility index (Phi) is 10.5. The number of nitrogens with zero attached hydrogens (tertiary/aromatic N) is 1. The van der Waals surface area contributed by atoms with Crippen LogP contribution in [0.15, 0.2) is 23.2 Å². The SMILES string of the molecule is CCNC(=NCC1(CCO)CCOC1)NCCc1cc(C)cc(C)c1.I. The van der Waals surface area contributed by atoms with Crippen LogP contribution in [-0.2, 0) is 11.2 Å². The number of halogens is 1. The van der Waals surface area contributed by atoms with Crippen molar-refractivity contribution in [2.45, 2.75) is 40.0 Å². The van der Waals surface area contributed by atoms with Crippen LogP contribution in [0.5, 0.6) is 0 Å². The lowest BCUT2D eigenvalue weighted by Crippen LogP contribution is -2.39. The third-order valence-corrected chi connectivity index (χ3v) is 4.73. The van der Waals surface area contributed by atoms with Gasteiger partial charge in [0.1, 0.15) is 0 Å². The Balaban J connectivity index is 0.00000338. The third-order valence-electron chi connectivity index (χ3n) is 4.73. The van der Waals surface area contributed by atoms with Gasteiger partial charge in [-0.3, -0.25) is 4.99 Å². The van der Waals surface area contributed by atoms with Gasteiger partial charge in [-0.25, -0.2) is 0 Å². The van der Waals surface area contributed by atoms with Crippen molar-refractivity contribution in [1.82, 2.24) is 10.6 Å². The van der Waals surface area contributed by atoms with E-state index in [1.54, 1.807) is 0 Å².